The molecule has 5 rings (SSSR count). The lowest BCUT2D eigenvalue weighted by Gasteiger charge is -2.36. The molecule has 1 aromatic heterocycles. The van der Waals surface area contributed by atoms with E-state index in [-0.39, 0.29) is 37.6 Å². The molecular formula is C32H33N3O6S2. The second-order valence-electron chi connectivity index (χ2n) is 10.2. The van der Waals surface area contributed by atoms with Gasteiger partial charge < -0.3 is 25.0 Å². The molecule has 1 amide bonds. The van der Waals surface area contributed by atoms with Gasteiger partial charge in [0.05, 0.1) is 25.2 Å². The predicted octanol–water partition coefficient (Wildman–Crippen LogP) is 5.82. The number of aryl methyl sites for hydroxylation is 1. The molecule has 3 atom stereocenters. The Bertz CT molecular complexity index is 1530. The molecule has 1 aliphatic rings. The van der Waals surface area contributed by atoms with Crippen molar-refractivity contribution in [3.8, 4) is 11.1 Å². The van der Waals surface area contributed by atoms with Crippen molar-refractivity contribution in [2.45, 2.75) is 62.2 Å². The van der Waals surface area contributed by atoms with Gasteiger partial charge in [-0.25, -0.2) is 0 Å². The maximum absolute atomic E-state index is 12.1. The Morgan fingerprint density at radius 2 is 1.72 bits per heavy atom. The van der Waals surface area contributed by atoms with Crippen molar-refractivity contribution in [3.63, 3.8) is 0 Å². The number of aromatic nitrogens is 2. The number of carbonyl (C=O) groups is 2. The van der Waals surface area contributed by atoms with E-state index in [1.807, 2.05) is 79.7 Å². The molecule has 0 saturated carbocycles. The van der Waals surface area contributed by atoms with Crippen LogP contribution in [0.15, 0.2) is 77.1 Å². The van der Waals surface area contributed by atoms with Crippen LogP contribution in [0.25, 0.3) is 11.1 Å². The number of amides is 1. The largest absolute Gasteiger partial charge is 0.481 e. The number of carbonyl (C=O) groups excluding carboxylic acids is 1. The van der Waals surface area contributed by atoms with Gasteiger partial charge in [0, 0.05) is 30.7 Å². The van der Waals surface area contributed by atoms with Crippen molar-refractivity contribution >= 4 is 35.0 Å². The summed E-state index contributed by atoms with van der Waals surface area (Å²) in [6.45, 7) is 2.23. The molecule has 224 valence electrons. The number of nitrogens with zero attached hydrogens (tertiary/aromatic N) is 2. The maximum atomic E-state index is 12.1. The standard InChI is InChI=1S/C32H33N3O6S2/c1-20-34-35-32(43-20)42-19-26-16-28(23-8-6-21(18-36)7-9-23)41-31(40-26)24-12-10-22(11-13-24)27-5-3-2-4-25(27)17-33-29(37)14-15-30(38)39/h2-13,26,28,31,36H,14-19H2,1H3,(H,33,37)(H,38,39)/t26-,28+,31+/m1/s1. The molecule has 1 saturated heterocycles. The molecule has 3 N–H and O–H groups in total. The molecule has 9 nitrogen and oxygen atoms in total. The summed E-state index contributed by atoms with van der Waals surface area (Å²) in [5.41, 5.74) is 5.65. The Morgan fingerprint density at radius 3 is 2.42 bits per heavy atom. The highest BCUT2D eigenvalue weighted by molar-refractivity contribution is 8.01. The fourth-order valence-corrected chi connectivity index (χ4v) is 6.66. The highest BCUT2D eigenvalue weighted by Crippen LogP contribution is 2.40. The normalized spacial score (nSPS) is 18.3. The van der Waals surface area contributed by atoms with Crippen LogP contribution in [0, 0.1) is 6.92 Å². The van der Waals surface area contributed by atoms with E-state index in [4.69, 9.17) is 14.6 Å². The zero-order chi connectivity index (χ0) is 30.2. The van der Waals surface area contributed by atoms with Crippen LogP contribution in [0.3, 0.4) is 0 Å². The lowest BCUT2D eigenvalue weighted by molar-refractivity contribution is -0.245. The maximum Gasteiger partial charge on any atom is 0.303 e. The molecule has 0 aliphatic carbocycles. The van der Waals surface area contributed by atoms with Crippen molar-refractivity contribution in [3.05, 3.63) is 100 Å². The van der Waals surface area contributed by atoms with E-state index in [1.165, 1.54) is 0 Å². The zero-order valence-electron chi connectivity index (χ0n) is 23.6. The van der Waals surface area contributed by atoms with Gasteiger partial charge in [0.25, 0.3) is 0 Å². The van der Waals surface area contributed by atoms with Crippen molar-refractivity contribution in [1.82, 2.24) is 15.5 Å². The summed E-state index contributed by atoms with van der Waals surface area (Å²) in [5, 5.41) is 30.4. The van der Waals surface area contributed by atoms with Crippen LogP contribution in [0.1, 0.15) is 58.9 Å². The Hall–Kier alpha value is -3.61. The number of carboxylic acids is 1. The molecule has 11 heteroatoms. The number of hydrogen-bond donors (Lipinski definition) is 3. The fraction of sp³-hybridized carbons (Fsp3) is 0.312. The lowest BCUT2D eigenvalue weighted by Crippen LogP contribution is -2.31. The third kappa shape index (κ3) is 8.49. The first-order chi connectivity index (χ1) is 20.9. The molecule has 1 aliphatic heterocycles. The van der Waals surface area contributed by atoms with Gasteiger partial charge in [-0.05, 0) is 34.7 Å². The summed E-state index contributed by atoms with van der Waals surface area (Å²) < 4.78 is 13.9. The van der Waals surface area contributed by atoms with Crippen LogP contribution in [-0.4, -0.2) is 44.1 Å². The van der Waals surface area contributed by atoms with E-state index in [2.05, 4.69) is 15.5 Å². The van der Waals surface area contributed by atoms with Gasteiger partial charge in [-0.2, -0.15) is 0 Å². The van der Waals surface area contributed by atoms with E-state index in [0.717, 1.165) is 42.7 Å². The average molecular weight is 620 g/mol. The zero-order valence-corrected chi connectivity index (χ0v) is 25.3. The number of nitrogens with one attached hydrogen (secondary N) is 1. The highest BCUT2D eigenvalue weighted by Gasteiger charge is 2.32. The minimum Gasteiger partial charge on any atom is -0.481 e. The van der Waals surface area contributed by atoms with Gasteiger partial charge >= 0.3 is 5.97 Å². The third-order valence-corrected chi connectivity index (χ3v) is 9.17. The SMILES string of the molecule is Cc1nnc(SC[C@H]2C[C@@H](c3ccc(CO)cc3)O[C@@H](c3ccc(-c4ccccc4CNC(=O)CCC(=O)O)cc3)O2)s1. The summed E-state index contributed by atoms with van der Waals surface area (Å²) in [6, 6.07) is 23.6. The number of aliphatic hydroxyl groups is 1. The van der Waals surface area contributed by atoms with Crippen LogP contribution >= 0.6 is 23.1 Å². The summed E-state index contributed by atoms with van der Waals surface area (Å²) in [6.07, 6.45) is -0.408. The van der Waals surface area contributed by atoms with Crippen molar-refractivity contribution < 1.29 is 29.3 Å². The van der Waals surface area contributed by atoms with Gasteiger partial charge in [0.1, 0.15) is 5.01 Å². The number of ether oxygens (including phenoxy) is 2. The molecule has 3 aromatic carbocycles. The number of hydrogen-bond acceptors (Lipinski definition) is 9. The van der Waals surface area contributed by atoms with Gasteiger partial charge in [0.15, 0.2) is 10.6 Å². The summed E-state index contributed by atoms with van der Waals surface area (Å²) in [7, 11) is 0. The van der Waals surface area contributed by atoms with Gasteiger partial charge in [-0.3, -0.25) is 9.59 Å². The molecule has 2 heterocycles. The van der Waals surface area contributed by atoms with Gasteiger partial charge in [-0.1, -0.05) is 95.9 Å². The lowest BCUT2D eigenvalue weighted by atomic mass is 9.97. The summed E-state index contributed by atoms with van der Waals surface area (Å²) in [4.78, 5) is 22.9. The topological polar surface area (TPSA) is 131 Å². The Kier molecular flexibility index (Phi) is 10.6. The minimum absolute atomic E-state index is 0.00928. The van der Waals surface area contributed by atoms with Crippen molar-refractivity contribution in [1.29, 1.82) is 0 Å². The number of carboxylic acid groups (broad SMARTS) is 1. The minimum atomic E-state index is -0.996. The van der Waals surface area contributed by atoms with Gasteiger partial charge in [0.2, 0.25) is 5.91 Å². The number of thioether (sulfide) groups is 1. The van der Waals surface area contributed by atoms with Crippen LogP contribution in [0.2, 0.25) is 0 Å². The second kappa shape index (κ2) is 14.7. The monoisotopic (exact) mass is 619 g/mol. The predicted molar refractivity (Wildman–Crippen MR) is 164 cm³/mol. The first kappa shape index (κ1) is 30.8. The van der Waals surface area contributed by atoms with Crippen LogP contribution in [-0.2, 0) is 32.2 Å². The van der Waals surface area contributed by atoms with Gasteiger partial charge in [-0.15, -0.1) is 10.2 Å². The Labute approximate surface area is 258 Å². The summed E-state index contributed by atoms with van der Waals surface area (Å²) >= 11 is 3.20. The Morgan fingerprint density at radius 1 is 0.977 bits per heavy atom. The Balaban J connectivity index is 1.31. The van der Waals surface area contributed by atoms with Crippen molar-refractivity contribution in [2.75, 3.05) is 5.75 Å². The fourth-order valence-electron chi connectivity index (χ4n) is 4.80. The first-order valence-corrected chi connectivity index (χ1v) is 15.8. The molecule has 4 aromatic rings. The number of rotatable bonds is 12. The smallest absolute Gasteiger partial charge is 0.303 e. The molecule has 43 heavy (non-hydrogen) atoms. The molecular weight excluding hydrogens is 587 g/mol. The number of aliphatic carboxylic acids is 1. The van der Waals surface area contributed by atoms with E-state index >= 15 is 0 Å². The van der Waals surface area contributed by atoms with Crippen molar-refractivity contribution in [2.24, 2.45) is 0 Å². The number of benzene rings is 3. The average Bonchev–Trinajstić information content (AvgIpc) is 3.46. The highest BCUT2D eigenvalue weighted by atomic mass is 32.2. The molecule has 0 spiro atoms. The third-order valence-electron chi connectivity index (χ3n) is 7.07. The van der Waals surface area contributed by atoms with E-state index < -0.39 is 12.3 Å². The van der Waals surface area contributed by atoms with E-state index in [0.29, 0.717) is 18.7 Å². The number of aliphatic hydroxyl groups excluding tert-OH is 1. The van der Waals surface area contributed by atoms with Crippen LogP contribution < -0.4 is 5.32 Å². The van der Waals surface area contributed by atoms with Crippen LogP contribution in [0.4, 0.5) is 0 Å². The second-order valence-corrected chi connectivity index (χ2v) is 12.6. The molecule has 0 radical (unpaired) electrons. The molecule has 0 unspecified atom stereocenters. The summed E-state index contributed by atoms with van der Waals surface area (Å²) in [5.74, 6) is -0.582. The molecule has 1 fully saturated rings. The van der Waals surface area contributed by atoms with Crippen LogP contribution in [0.5, 0.6) is 0 Å². The van der Waals surface area contributed by atoms with E-state index in [9.17, 15) is 14.7 Å². The quantitative estimate of drug-likeness (QED) is 0.168. The van der Waals surface area contributed by atoms with E-state index in [1.54, 1.807) is 23.1 Å². The molecule has 0 bridgehead atoms. The first-order valence-electron chi connectivity index (χ1n) is 14.0.